The first kappa shape index (κ1) is 13.3. The molecule has 3 rings (SSSR count). The summed E-state index contributed by atoms with van der Waals surface area (Å²) in [5, 5.41) is 9.58. The second-order valence-electron chi connectivity index (χ2n) is 4.89. The van der Waals surface area contributed by atoms with Gasteiger partial charge in [0.25, 0.3) is 0 Å². The first-order valence-electron chi connectivity index (χ1n) is 6.57. The zero-order valence-corrected chi connectivity index (χ0v) is 13.1. The monoisotopic (exact) mass is 341 g/mol. The van der Waals surface area contributed by atoms with Gasteiger partial charge in [0.2, 0.25) is 11.7 Å². The van der Waals surface area contributed by atoms with E-state index in [0.717, 1.165) is 34.1 Å². The van der Waals surface area contributed by atoms with Crippen LogP contribution in [0.2, 0.25) is 0 Å². The summed E-state index contributed by atoms with van der Waals surface area (Å²) in [7, 11) is 0. The summed E-state index contributed by atoms with van der Waals surface area (Å²) in [6.45, 7) is 3.28. The highest BCUT2D eigenvalue weighted by Gasteiger charge is 2.26. The Hall–Kier alpha value is -0.720. The maximum absolute atomic E-state index is 5.43. The molecular weight excluding hydrogens is 326 g/mol. The van der Waals surface area contributed by atoms with E-state index in [1.807, 2.05) is 11.4 Å². The zero-order valence-electron chi connectivity index (χ0n) is 10.7. The highest BCUT2D eigenvalue weighted by molar-refractivity contribution is 9.10. The van der Waals surface area contributed by atoms with E-state index in [2.05, 4.69) is 38.3 Å². The lowest BCUT2D eigenvalue weighted by Crippen LogP contribution is -2.31. The van der Waals surface area contributed by atoms with Crippen molar-refractivity contribution < 1.29 is 4.52 Å². The largest absolute Gasteiger partial charge is 0.337 e. The minimum atomic E-state index is 0.211. The van der Waals surface area contributed by atoms with Gasteiger partial charge in [-0.05, 0) is 47.3 Å². The normalized spacial score (nSPS) is 23.7. The molecule has 2 aromatic heterocycles. The van der Waals surface area contributed by atoms with Crippen LogP contribution in [0.1, 0.15) is 38.1 Å². The van der Waals surface area contributed by atoms with E-state index in [0.29, 0.717) is 5.82 Å². The second kappa shape index (κ2) is 5.73. The topological polar surface area (TPSA) is 51.0 Å². The average molecular weight is 342 g/mol. The van der Waals surface area contributed by atoms with Gasteiger partial charge in [-0.15, -0.1) is 11.3 Å². The summed E-state index contributed by atoms with van der Waals surface area (Å²) >= 11 is 5.06. The molecule has 0 spiro atoms. The number of halogens is 1. The van der Waals surface area contributed by atoms with Gasteiger partial charge in [-0.3, -0.25) is 0 Å². The van der Waals surface area contributed by atoms with Crippen LogP contribution < -0.4 is 5.32 Å². The molecule has 19 heavy (non-hydrogen) atoms. The van der Waals surface area contributed by atoms with Crippen LogP contribution in [-0.2, 0) is 0 Å². The van der Waals surface area contributed by atoms with Crippen LogP contribution in [0.25, 0.3) is 10.7 Å². The van der Waals surface area contributed by atoms with Crippen LogP contribution in [-0.4, -0.2) is 16.7 Å². The third kappa shape index (κ3) is 2.90. The molecule has 0 aromatic carbocycles. The fraction of sp³-hybridized carbons (Fsp3) is 0.538. The lowest BCUT2D eigenvalue weighted by Gasteiger charge is -2.27. The summed E-state index contributed by atoms with van der Waals surface area (Å²) in [5.74, 6) is 2.17. The number of rotatable bonds is 3. The van der Waals surface area contributed by atoms with E-state index < -0.39 is 0 Å². The van der Waals surface area contributed by atoms with Gasteiger partial charge in [0.15, 0.2) is 0 Å². The molecule has 102 valence electrons. The van der Waals surface area contributed by atoms with E-state index >= 15 is 0 Å². The highest BCUT2D eigenvalue weighted by atomic mass is 79.9. The van der Waals surface area contributed by atoms with Gasteiger partial charge in [0, 0.05) is 9.85 Å². The quantitative estimate of drug-likeness (QED) is 0.916. The summed E-state index contributed by atoms with van der Waals surface area (Å²) < 4.78 is 6.48. The highest BCUT2D eigenvalue weighted by Crippen LogP contribution is 2.31. The molecular formula is C13H16BrN3OS. The van der Waals surface area contributed by atoms with Crippen molar-refractivity contribution in [2.45, 2.75) is 32.2 Å². The third-order valence-electron chi connectivity index (χ3n) is 3.62. The molecule has 2 aromatic rings. The first-order valence-corrected chi connectivity index (χ1v) is 8.25. The molecule has 3 heterocycles. The molecule has 1 aliphatic rings. The van der Waals surface area contributed by atoms with E-state index in [-0.39, 0.29) is 6.04 Å². The zero-order chi connectivity index (χ0) is 13.2. The van der Waals surface area contributed by atoms with Gasteiger partial charge in [-0.1, -0.05) is 18.5 Å². The minimum absolute atomic E-state index is 0.211. The van der Waals surface area contributed by atoms with Crippen molar-refractivity contribution in [3.05, 3.63) is 21.8 Å². The number of nitrogens with zero attached hydrogens (tertiary/aromatic N) is 2. The van der Waals surface area contributed by atoms with Crippen molar-refractivity contribution in [2.75, 3.05) is 6.54 Å². The molecule has 0 aliphatic carbocycles. The molecule has 0 saturated carbocycles. The van der Waals surface area contributed by atoms with Crippen molar-refractivity contribution >= 4 is 27.3 Å². The van der Waals surface area contributed by atoms with E-state index in [9.17, 15) is 0 Å². The molecule has 0 amide bonds. The van der Waals surface area contributed by atoms with Crippen LogP contribution in [0.5, 0.6) is 0 Å². The Labute approximate surface area is 124 Å². The van der Waals surface area contributed by atoms with Crippen LogP contribution in [0.4, 0.5) is 0 Å². The van der Waals surface area contributed by atoms with Gasteiger partial charge in [0.05, 0.1) is 10.9 Å². The molecule has 1 saturated heterocycles. The summed E-state index contributed by atoms with van der Waals surface area (Å²) in [6.07, 6.45) is 3.55. The molecule has 2 unspecified atom stereocenters. The average Bonchev–Trinajstić information content (AvgIpc) is 3.07. The van der Waals surface area contributed by atoms with Crippen LogP contribution in [0.3, 0.4) is 0 Å². The first-order chi connectivity index (χ1) is 9.26. The Morgan fingerprint density at radius 1 is 1.58 bits per heavy atom. The maximum Gasteiger partial charge on any atom is 0.244 e. The Bertz CT molecular complexity index is 554. The van der Waals surface area contributed by atoms with Crippen molar-refractivity contribution in [1.29, 1.82) is 0 Å². The van der Waals surface area contributed by atoms with Gasteiger partial charge in [-0.25, -0.2) is 0 Å². The smallest absolute Gasteiger partial charge is 0.244 e. The molecule has 1 N–H and O–H groups in total. The van der Waals surface area contributed by atoms with Gasteiger partial charge in [-0.2, -0.15) is 4.98 Å². The van der Waals surface area contributed by atoms with Crippen molar-refractivity contribution in [3.63, 3.8) is 0 Å². The van der Waals surface area contributed by atoms with Crippen molar-refractivity contribution in [1.82, 2.24) is 15.5 Å². The van der Waals surface area contributed by atoms with Gasteiger partial charge in [0.1, 0.15) is 0 Å². The van der Waals surface area contributed by atoms with Gasteiger partial charge >= 0.3 is 0 Å². The fourth-order valence-corrected chi connectivity index (χ4v) is 3.81. The molecule has 4 nitrogen and oxygen atoms in total. The number of nitrogens with one attached hydrogen (secondary N) is 1. The van der Waals surface area contributed by atoms with E-state index in [4.69, 9.17) is 4.52 Å². The molecule has 1 aliphatic heterocycles. The summed E-state index contributed by atoms with van der Waals surface area (Å²) in [5.41, 5.74) is 0. The summed E-state index contributed by atoms with van der Waals surface area (Å²) in [4.78, 5) is 5.57. The standard InChI is InChI=1S/C13H16BrN3OS/c1-2-8-3-4-15-10(5-8)13-16-12(17-18-13)11-6-9(14)7-19-11/h6-8,10,15H,2-5H2,1H3. The van der Waals surface area contributed by atoms with Crippen molar-refractivity contribution in [3.8, 4) is 10.7 Å². The predicted octanol–water partition coefficient (Wildman–Crippen LogP) is 4.01. The number of hydrogen-bond donors (Lipinski definition) is 1. The fourth-order valence-electron chi connectivity index (χ4n) is 2.46. The van der Waals surface area contributed by atoms with Crippen molar-refractivity contribution in [2.24, 2.45) is 5.92 Å². The Morgan fingerprint density at radius 2 is 2.47 bits per heavy atom. The number of hydrogen-bond acceptors (Lipinski definition) is 5. The van der Waals surface area contributed by atoms with E-state index in [1.54, 1.807) is 11.3 Å². The number of aromatic nitrogens is 2. The molecule has 6 heteroatoms. The second-order valence-corrected chi connectivity index (χ2v) is 6.72. The minimum Gasteiger partial charge on any atom is -0.337 e. The van der Waals surface area contributed by atoms with Crippen LogP contribution in [0, 0.1) is 5.92 Å². The third-order valence-corrected chi connectivity index (χ3v) is 5.30. The van der Waals surface area contributed by atoms with E-state index in [1.165, 1.54) is 12.8 Å². The molecule has 0 radical (unpaired) electrons. The maximum atomic E-state index is 5.43. The lowest BCUT2D eigenvalue weighted by atomic mass is 9.90. The van der Waals surface area contributed by atoms with Crippen LogP contribution in [0.15, 0.2) is 20.4 Å². The SMILES string of the molecule is CCC1CCNC(c2nc(-c3cc(Br)cs3)no2)C1. The van der Waals surface area contributed by atoms with Gasteiger partial charge < -0.3 is 9.84 Å². The Balaban J connectivity index is 1.77. The van der Waals surface area contributed by atoms with Crippen LogP contribution >= 0.6 is 27.3 Å². The Morgan fingerprint density at radius 3 is 3.21 bits per heavy atom. The molecule has 2 atom stereocenters. The number of thiophene rings is 1. The Kier molecular flexibility index (Phi) is 4.00. The number of piperidine rings is 1. The lowest BCUT2D eigenvalue weighted by molar-refractivity contribution is 0.246. The predicted molar refractivity (Wildman–Crippen MR) is 79.1 cm³/mol. The molecule has 1 fully saturated rings. The molecule has 0 bridgehead atoms. The summed E-state index contributed by atoms with van der Waals surface area (Å²) in [6, 6.07) is 2.23.